The van der Waals surface area contributed by atoms with Gasteiger partial charge in [-0.15, -0.1) is 6.42 Å². The molecule has 13 heavy (non-hydrogen) atoms. The van der Waals surface area contributed by atoms with E-state index in [0.29, 0.717) is 6.54 Å². The lowest BCUT2D eigenvalue weighted by Crippen LogP contribution is -2.42. The van der Waals surface area contributed by atoms with Gasteiger partial charge in [0, 0.05) is 0 Å². The summed E-state index contributed by atoms with van der Waals surface area (Å²) in [6.45, 7) is 3.12. The van der Waals surface area contributed by atoms with Crippen molar-refractivity contribution in [2.75, 3.05) is 13.1 Å². The highest BCUT2D eigenvalue weighted by Gasteiger charge is 2.22. The fourth-order valence-corrected chi connectivity index (χ4v) is 1.05. The Morgan fingerprint density at radius 2 is 2.38 bits per heavy atom. The molecule has 0 aromatic rings. The molecule has 0 bridgehead atoms. The Hall–Kier alpha value is -1.01. The van der Waals surface area contributed by atoms with E-state index in [2.05, 4.69) is 16.6 Å². The van der Waals surface area contributed by atoms with Crippen molar-refractivity contribution in [3.8, 4) is 12.3 Å². The van der Waals surface area contributed by atoms with Gasteiger partial charge in [-0.25, -0.2) is 0 Å². The van der Waals surface area contributed by atoms with Gasteiger partial charge in [-0.1, -0.05) is 5.92 Å². The van der Waals surface area contributed by atoms with Crippen LogP contribution >= 0.6 is 0 Å². The fourth-order valence-electron chi connectivity index (χ4n) is 1.05. The van der Waals surface area contributed by atoms with Crippen LogP contribution in [0.25, 0.3) is 0 Å². The van der Waals surface area contributed by atoms with E-state index in [1.807, 2.05) is 6.92 Å². The van der Waals surface area contributed by atoms with Crippen LogP contribution in [0, 0.1) is 18.3 Å². The van der Waals surface area contributed by atoms with Crippen LogP contribution in [0.2, 0.25) is 0 Å². The first-order chi connectivity index (χ1) is 6.24. The molecule has 0 radical (unpaired) electrons. The van der Waals surface area contributed by atoms with Gasteiger partial charge in [0.05, 0.1) is 12.6 Å². The van der Waals surface area contributed by atoms with Crippen LogP contribution in [0.15, 0.2) is 0 Å². The second-order valence-electron chi connectivity index (χ2n) is 3.50. The Labute approximate surface area is 79.3 Å². The van der Waals surface area contributed by atoms with Crippen molar-refractivity contribution in [3.05, 3.63) is 0 Å². The second-order valence-corrected chi connectivity index (χ2v) is 3.50. The van der Waals surface area contributed by atoms with Crippen LogP contribution in [0.3, 0.4) is 0 Å². The highest BCUT2D eigenvalue weighted by molar-refractivity contribution is 5.81. The van der Waals surface area contributed by atoms with Crippen molar-refractivity contribution in [1.82, 2.24) is 10.6 Å². The van der Waals surface area contributed by atoms with E-state index in [4.69, 9.17) is 6.42 Å². The topological polar surface area (TPSA) is 41.1 Å². The number of terminal acetylenes is 1. The summed E-state index contributed by atoms with van der Waals surface area (Å²) in [5.41, 5.74) is 0. The molecule has 72 valence electrons. The number of hydrogen-bond donors (Lipinski definition) is 2. The van der Waals surface area contributed by atoms with Gasteiger partial charge in [-0.3, -0.25) is 4.79 Å². The summed E-state index contributed by atoms with van der Waals surface area (Å²) in [6, 6.07) is -0.131. The maximum absolute atomic E-state index is 11.3. The molecule has 1 aliphatic rings. The average molecular weight is 180 g/mol. The van der Waals surface area contributed by atoms with Gasteiger partial charge in [-0.2, -0.15) is 0 Å². The van der Waals surface area contributed by atoms with Gasteiger partial charge in [0.1, 0.15) is 0 Å². The molecule has 0 aromatic heterocycles. The van der Waals surface area contributed by atoms with Gasteiger partial charge in [-0.05, 0) is 32.2 Å². The molecule has 2 N–H and O–H groups in total. The zero-order chi connectivity index (χ0) is 9.68. The molecule has 3 nitrogen and oxygen atoms in total. The zero-order valence-corrected chi connectivity index (χ0v) is 7.97. The maximum Gasteiger partial charge on any atom is 0.237 e. The standard InChI is InChI=1S/C10H16N2O/c1-3-6-11-10(13)8(2)12-7-9-4-5-9/h1,8-9,12H,4-7H2,2H3,(H,11,13). The van der Waals surface area contributed by atoms with Crippen LogP contribution < -0.4 is 10.6 Å². The molecule has 1 rings (SSSR count). The average Bonchev–Trinajstić information content (AvgIpc) is 2.93. The lowest BCUT2D eigenvalue weighted by molar-refractivity contribution is -0.122. The first-order valence-corrected chi connectivity index (χ1v) is 4.68. The second kappa shape index (κ2) is 4.88. The van der Waals surface area contributed by atoms with E-state index in [1.54, 1.807) is 0 Å². The summed E-state index contributed by atoms with van der Waals surface area (Å²) in [5, 5.41) is 5.81. The minimum Gasteiger partial charge on any atom is -0.344 e. The van der Waals surface area contributed by atoms with E-state index in [9.17, 15) is 4.79 Å². The third-order valence-corrected chi connectivity index (χ3v) is 2.17. The molecule has 0 spiro atoms. The third kappa shape index (κ3) is 3.95. The highest BCUT2D eigenvalue weighted by Crippen LogP contribution is 2.27. The molecule has 1 unspecified atom stereocenters. The molecule has 1 atom stereocenters. The van der Waals surface area contributed by atoms with Crippen LogP contribution in [0.1, 0.15) is 19.8 Å². The Bertz CT molecular complexity index is 215. The minimum absolute atomic E-state index is 0.0152. The zero-order valence-electron chi connectivity index (χ0n) is 7.97. The first kappa shape index (κ1) is 10.1. The lowest BCUT2D eigenvalue weighted by Gasteiger charge is -2.12. The molecular formula is C10H16N2O. The molecule has 1 amide bonds. The van der Waals surface area contributed by atoms with Crippen molar-refractivity contribution in [2.24, 2.45) is 5.92 Å². The number of hydrogen-bond acceptors (Lipinski definition) is 2. The summed E-state index contributed by atoms with van der Waals surface area (Å²) >= 11 is 0. The van der Waals surface area contributed by atoms with Crippen molar-refractivity contribution in [3.63, 3.8) is 0 Å². The smallest absolute Gasteiger partial charge is 0.237 e. The van der Waals surface area contributed by atoms with E-state index in [1.165, 1.54) is 12.8 Å². The highest BCUT2D eigenvalue weighted by atomic mass is 16.2. The minimum atomic E-state index is -0.131. The van der Waals surface area contributed by atoms with Crippen molar-refractivity contribution in [2.45, 2.75) is 25.8 Å². The van der Waals surface area contributed by atoms with Crippen LogP contribution in [-0.2, 0) is 4.79 Å². The van der Waals surface area contributed by atoms with Crippen LogP contribution in [-0.4, -0.2) is 25.0 Å². The van der Waals surface area contributed by atoms with Gasteiger partial charge in [0.2, 0.25) is 5.91 Å². The third-order valence-electron chi connectivity index (χ3n) is 2.17. The summed E-state index contributed by atoms with van der Waals surface area (Å²) < 4.78 is 0. The number of carbonyl (C=O) groups is 1. The molecule has 0 aromatic carbocycles. The molecule has 0 aliphatic heterocycles. The Morgan fingerprint density at radius 3 is 2.92 bits per heavy atom. The molecule has 0 heterocycles. The van der Waals surface area contributed by atoms with Crippen LogP contribution in [0.5, 0.6) is 0 Å². The monoisotopic (exact) mass is 180 g/mol. The molecule has 1 saturated carbocycles. The molecule has 3 heteroatoms. The predicted molar refractivity (Wildman–Crippen MR) is 52.0 cm³/mol. The Morgan fingerprint density at radius 1 is 1.69 bits per heavy atom. The SMILES string of the molecule is C#CCNC(=O)C(C)NCC1CC1. The number of rotatable bonds is 5. The molecule has 0 saturated heterocycles. The van der Waals surface area contributed by atoms with E-state index < -0.39 is 0 Å². The summed E-state index contributed by atoms with van der Waals surface area (Å²) in [7, 11) is 0. The summed E-state index contributed by atoms with van der Waals surface area (Å²) in [6.07, 6.45) is 7.62. The van der Waals surface area contributed by atoms with Crippen molar-refractivity contribution >= 4 is 5.91 Å². The first-order valence-electron chi connectivity index (χ1n) is 4.68. The summed E-state index contributed by atoms with van der Waals surface area (Å²) in [4.78, 5) is 11.3. The number of nitrogens with one attached hydrogen (secondary N) is 2. The van der Waals surface area contributed by atoms with Gasteiger partial charge in [0.15, 0.2) is 0 Å². The van der Waals surface area contributed by atoms with Crippen molar-refractivity contribution < 1.29 is 4.79 Å². The van der Waals surface area contributed by atoms with E-state index in [-0.39, 0.29) is 11.9 Å². The molecular weight excluding hydrogens is 164 g/mol. The Balaban J connectivity index is 2.09. The molecule has 1 aliphatic carbocycles. The largest absolute Gasteiger partial charge is 0.344 e. The van der Waals surface area contributed by atoms with Gasteiger partial charge in [0.25, 0.3) is 0 Å². The summed E-state index contributed by atoms with van der Waals surface area (Å²) in [5.74, 6) is 3.15. The normalized spacial score (nSPS) is 17.5. The van der Waals surface area contributed by atoms with Crippen molar-refractivity contribution in [1.29, 1.82) is 0 Å². The maximum atomic E-state index is 11.3. The predicted octanol–water partition coefficient (Wildman–Crippen LogP) is 0.124. The van der Waals surface area contributed by atoms with Crippen LogP contribution in [0.4, 0.5) is 0 Å². The lowest BCUT2D eigenvalue weighted by atomic mass is 10.3. The Kier molecular flexibility index (Phi) is 3.78. The number of amides is 1. The van der Waals surface area contributed by atoms with E-state index in [0.717, 1.165) is 12.5 Å². The fraction of sp³-hybridized carbons (Fsp3) is 0.700. The van der Waals surface area contributed by atoms with Gasteiger partial charge < -0.3 is 10.6 Å². The quantitative estimate of drug-likeness (QED) is 0.590. The molecule has 1 fully saturated rings. The van der Waals surface area contributed by atoms with Gasteiger partial charge >= 0.3 is 0 Å². The number of carbonyl (C=O) groups excluding carboxylic acids is 1. The van der Waals surface area contributed by atoms with E-state index >= 15 is 0 Å².